The number of aliphatic hydroxyl groups excluding tert-OH is 1. The molecule has 3 saturated carbocycles. The number of aliphatic carboxylic acids is 1. The third-order valence-corrected chi connectivity index (χ3v) is 12.0. The Morgan fingerprint density at radius 2 is 1.69 bits per heavy atom. The molecule has 48 heavy (non-hydrogen) atoms. The molecule has 5 N–H and O–H groups in total. The van der Waals surface area contributed by atoms with Gasteiger partial charge in [0.1, 0.15) is 17.7 Å². The predicted octanol–water partition coefficient (Wildman–Crippen LogP) is 2.87. The Bertz CT molecular complexity index is 1340. The van der Waals surface area contributed by atoms with Crippen molar-refractivity contribution in [3.05, 3.63) is 11.6 Å². The van der Waals surface area contributed by atoms with E-state index >= 15 is 0 Å². The Morgan fingerprint density at radius 3 is 2.31 bits per heavy atom. The van der Waals surface area contributed by atoms with E-state index in [9.17, 15) is 44.1 Å². The quantitative estimate of drug-likeness (QED) is 0.181. The molecule has 4 rings (SSSR count). The first kappa shape index (κ1) is 37.7. The van der Waals surface area contributed by atoms with Crippen molar-refractivity contribution in [2.75, 3.05) is 6.61 Å². The highest BCUT2D eigenvalue weighted by Crippen LogP contribution is 2.67. The van der Waals surface area contributed by atoms with Gasteiger partial charge in [0.2, 0.25) is 17.6 Å². The zero-order chi connectivity index (χ0) is 35.8. The Labute approximate surface area is 282 Å². The molecule has 0 bridgehead atoms. The smallest absolute Gasteiger partial charge is 0.326 e. The molecule has 0 aromatic heterocycles. The highest BCUT2D eigenvalue weighted by molar-refractivity contribution is 5.93. The maximum atomic E-state index is 13.5. The van der Waals surface area contributed by atoms with Gasteiger partial charge < -0.3 is 30.7 Å². The summed E-state index contributed by atoms with van der Waals surface area (Å²) in [6, 6.07) is -2.12. The van der Waals surface area contributed by atoms with Crippen LogP contribution < -0.4 is 10.6 Å². The van der Waals surface area contributed by atoms with Gasteiger partial charge in [0.15, 0.2) is 12.4 Å². The first-order valence-electron chi connectivity index (χ1n) is 17.5. The van der Waals surface area contributed by atoms with Crippen LogP contribution in [0, 0.1) is 40.4 Å². The van der Waals surface area contributed by atoms with Gasteiger partial charge in [-0.05, 0) is 86.0 Å². The van der Waals surface area contributed by atoms with E-state index in [1.165, 1.54) is 0 Å². The third-order valence-electron chi connectivity index (χ3n) is 12.0. The van der Waals surface area contributed by atoms with E-state index in [-0.39, 0.29) is 72.9 Å². The molecule has 2 amide bonds. The average Bonchev–Trinajstić information content (AvgIpc) is 3.27. The predicted molar refractivity (Wildman–Crippen MR) is 174 cm³/mol. The number of hydrogen-bond donors (Lipinski definition) is 5. The van der Waals surface area contributed by atoms with Gasteiger partial charge in [0.05, 0.1) is 12.5 Å². The number of carboxylic acids is 1. The molecule has 0 saturated heterocycles. The van der Waals surface area contributed by atoms with E-state index in [0.717, 1.165) is 18.4 Å². The summed E-state index contributed by atoms with van der Waals surface area (Å²) in [5.74, 6) is -4.07. The van der Waals surface area contributed by atoms with Crippen molar-refractivity contribution >= 4 is 35.3 Å². The standard InChI is InChI=1S/C36H54N2O10/c1-19(2)15-25(33(45)46)37-32(44)31(20(3)4)38-28(42)9-10-29(43)48-18-27(41)36(47)14-12-24-23-8-7-21-16-22(39)11-13-34(21,5)30(23)26(40)17-35(24,36)6/h16,19-20,23-26,30-31,40,47H,7-15,17-18H2,1-6H3,(H,37,44)(H,38,42)(H,45,46)/t23-,24-,25-,26+,30+,31-,34-,35-,36-/m0/s1. The first-order chi connectivity index (χ1) is 22.3. The molecule has 0 aromatic rings. The van der Waals surface area contributed by atoms with Gasteiger partial charge in [-0.2, -0.15) is 0 Å². The number of carbonyl (C=O) groups is 6. The normalized spacial score (nSPS) is 33.9. The molecule has 0 aliphatic heterocycles. The second-order valence-corrected chi connectivity index (χ2v) is 15.9. The van der Waals surface area contributed by atoms with Crippen molar-refractivity contribution in [2.24, 2.45) is 40.4 Å². The number of nitrogens with one attached hydrogen (secondary N) is 2. The number of carboxylic acid groups (broad SMARTS) is 1. The van der Waals surface area contributed by atoms with Crippen molar-refractivity contribution in [3.8, 4) is 0 Å². The van der Waals surface area contributed by atoms with Gasteiger partial charge in [0.25, 0.3) is 0 Å². The Kier molecular flexibility index (Phi) is 11.3. The van der Waals surface area contributed by atoms with Crippen LogP contribution in [0.25, 0.3) is 0 Å². The summed E-state index contributed by atoms with van der Waals surface area (Å²) in [4.78, 5) is 75.4. The van der Waals surface area contributed by atoms with Gasteiger partial charge in [-0.3, -0.25) is 24.0 Å². The van der Waals surface area contributed by atoms with Crippen LogP contribution in [-0.2, 0) is 33.5 Å². The minimum Gasteiger partial charge on any atom is -0.480 e. The summed E-state index contributed by atoms with van der Waals surface area (Å²) in [5, 5.41) is 38.0. The van der Waals surface area contributed by atoms with E-state index in [0.29, 0.717) is 19.3 Å². The summed E-state index contributed by atoms with van der Waals surface area (Å²) >= 11 is 0. The van der Waals surface area contributed by atoms with Gasteiger partial charge in [-0.1, -0.05) is 47.1 Å². The van der Waals surface area contributed by atoms with Crippen molar-refractivity contribution in [1.29, 1.82) is 0 Å². The van der Waals surface area contributed by atoms with Crippen molar-refractivity contribution in [1.82, 2.24) is 10.6 Å². The maximum absolute atomic E-state index is 13.5. The van der Waals surface area contributed by atoms with Crippen LogP contribution in [0.4, 0.5) is 0 Å². The molecule has 0 unspecified atom stereocenters. The molecule has 3 fully saturated rings. The van der Waals surface area contributed by atoms with Crippen LogP contribution in [0.5, 0.6) is 0 Å². The average molecular weight is 675 g/mol. The molecule has 12 heteroatoms. The minimum absolute atomic E-state index is 0.0162. The molecule has 0 aromatic carbocycles. The number of allylic oxidation sites excluding steroid dienone is 1. The molecule has 4 aliphatic rings. The topological polar surface area (TPSA) is 196 Å². The summed E-state index contributed by atoms with van der Waals surface area (Å²) in [6.45, 7) is 10.4. The molecule has 0 heterocycles. The molecule has 12 nitrogen and oxygen atoms in total. The summed E-state index contributed by atoms with van der Waals surface area (Å²) in [7, 11) is 0. The largest absolute Gasteiger partial charge is 0.480 e. The van der Waals surface area contributed by atoms with Crippen LogP contribution in [0.2, 0.25) is 0 Å². The molecule has 268 valence electrons. The van der Waals surface area contributed by atoms with E-state index in [1.54, 1.807) is 19.9 Å². The molecule has 0 spiro atoms. The second kappa shape index (κ2) is 14.4. The lowest BCUT2D eigenvalue weighted by atomic mass is 9.45. The minimum atomic E-state index is -1.79. The number of Topliss-reactive ketones (excluding diaryl/α,β-unsaturated/α-hetero) is 1. The Hall–Kier alpha value is -3.12. The van der Waals surface area contributed by atoms with Crippen molar-refractivity contribution in [2.45, 2.75) is 130 Å². The highest BCUT2D eigenvalue weighted by atomic mass is 16.5. The number of rotatable bonds is 13. The zero-order valence-electron chi connectivity index (χ0n) is 29.2. The maximum Gasteiger partial charge on any atom is 0.326 e. The number of ether oxygens (including phenoxy) is 1. The van der Waals surface area contributed by atoms with Crippen molar-refractivity contribution < 1.29 is 48.8 Å². The lowest BCUT2D eigenvalue weighted by Crippen LogP contribution is -2.62. The lowest BCUT2D eigenvalue weighted by molar-refractivity contribution is -0.184. The number of carbonyl (C=O) groups excluding carboxylic acids is 5. The number of aliphatic hydroxyl groups is 2. The van der Waals surface area contributed by atoms with E-state index in [2.05, 4.69) is 17.6 Å². The molecular formula is C36H54N2O10. The lowest BCUT2D eigenvalue weighted by Gasteiger charge is -2.60. The number of amides is 2. The number of ketones is 2. The zero-order valence-corrected chi connectivity index (χ0v) is 29.2. The number of fused-ring (bicyclic) bond motifs is 5. The molecule has 4 aliphatic carbocycles. The van der Waals surface area contributed by atoms with E-state index < -0.39 is 65.3 Å². The summed E-state index contributed by atoms with van der Waals surface area (Å²) in [5.41, 5.74) is -1.90. The summed E-state index contributed by atoms with van der Waals surface area (Å²) in [6.07, 6.45) is 4.21. The van der Waals surface area contributed by atoms with Crippen LogP contribution in [0.3, 0.4) is 0 Å². The van der Waals surface area contributed by atoms with E-state index in [4.69, 9.17) is 4.74 Å². The number of esters is 1. The third kappa shape index (κ3) is 7.25. The highest BCUT2D eigenvalue weighted by Gasteiger charge is 2.68. The van der Waals surface area contributed by atoms with Crippen LogP contribution in [-0.4, -0.2) is 81.0 Å². The van der Waals surface area contributed by atoms with Crippen LogP contribution >= 0.6 is 0 Å². The fourth-order valence-corrected chi connectivity index (χ4v) is 9.44. The molecular weight excluding hydrogens is 620 g/mol. The SMILES string of the molecule is CC(C)C[C@H](NC(=O)[C@@H](NC(=O)CCC(=O)OCC(=O)[C@@]1(O)CC[C@H]2[C@@H]3CCC4=CC(=O)CC[C@]4(C)[C@H]3[C@H](O)C[C@@]21C)C(C)C)C(=O)O. The van der Waals surface area contributed by atoms with Crippen LogP contribution in [0.15, 0.2) is 11.6 Å². The van der Waals surface area contributed by atoms with E-state index in [1.807, 2.05) is 20.8 Å². The molecule has 9 atom stereocenters. The van der Waals surface area contributed by atoms with Crippen molar-refractivity contribution in [3.63, 3.8) is 0 Å². The summed E-state index contributed by atoms with van der Waals surface area (Å²) < 4.78 is 5.23. The fourth-order valence-electron chi connectivity index (χ4n) is 9.44. The van der Waals surface area contributed by atoms with Gasteiger partial charge in [-0.15, -0.1) is 0 Å². The Balaban J connectivity index is 1.32. The molecule has 0 radical (unpaired) electrons. The second-order valence-electron chi connectivity index (χ2n) is 15.9. The van der Waals surface area contributed by atoms with Gasteiger partial charge in [-0.25, -0.2) is 4.79 Å². The number of hydrogen-bond acceptors (Lipinski definition) is 9. The fraction of sp³-hybridized carbons (Fsp3) is 0.778. The van der Waals surface area contributed by atoms with Crippen LogP contribution in [0.1, 0.15) is 106 Å². The first-order valence-corrected chi connectivity index (χ1v) is 17.5. The van der Waals surface area contributed by atoms with Gasteiger partial charge >= 0.3 is 11.9 Å². The van der Waals surface area contributed by atoms with Gasteiger partial charge in [0, 0.05) is 18.3 Å². The Morgan fingerprint density at radius 1 is 1.00 bits per heavy atom. The monoisotopic (exact) mass is 674 g/mol.